The minimum Gasteiger partial charge on any atom is -0.310 e. The SMILES string of the molecule is c1ccc(-c2cccc(N(c3ccc4c(c3)C3(c5ccccc5-4)C4CC5CC(C4)CC3C5)c3ccc4c5ccccc5n(-c5ccccc5)c4c3)c2)cc1. The Morgan fingerprint density at radius 2 is 1.04 bits per heavy atom. The lowest BCUT2D eigenvalue weighted by molar-refractivity contribution is -0.0399. The van der Waals surface area contributed by atoms with Gasteiger partial charge in [0.1, 0.15) is 0 Å². The van der Waals surface area contributed by atoms with Gasteiger partial charge in [-0.05, 0) is 144 Å². The van der Waals surface area contributed by atoms with E-state index in [0.717, 1.165) is 23.7 Å². The fourth-order valence-corrected chi connectivity index (χ4v) is 12.1. The normalized spacial score (nSPS) is 23.3. The van der Waals surface area contributed by atoms with Gasteiger partial charge in [-0.3, -0.25) is 0 Å². The fourth-order valence-electron chi connectivity index (χ4n) is 12.1. The third-order valence-electron chi connectivity index (χ3n) is 13.9. The number of fused-ring (bicyclic) bond motifs is 6. The van der Waals surface area contributed by atoms with E-state index in [4.69, 9.17) is 0 Å². The van der Waals surface area contributed by atoms with Crippen molar-refractivity contribution < 1.29 is 0 Å². The van der Waals surface area contributed by atoms with Crippen LogP contribution in [0.3, 0.4) is 0 Å². The molecule has 0 atom stereocenters. The summed E-state index contributed by atoms with van der Waals surface area (Å²) in [5, 5.41) is 2.55. The highest BCUT2D eigenvalue weighted by molar-refractivity contribution is 6.10. The Balaban J connectivity index is 1.10. The lowest BCUT2D eigenvalue weighted by atomic mass is 9.43. The maximum absolute atomic E-state index is 2.63. The molecule has 7 aromatic carbocycles. The zero-order chi connectivity index (χ0) is 35.4. The maximum atomic E-state index is 2.63. The quantitative estimate of drug-likeness (QED) is 0.174. The molecule has 0 aliphatic heterocycles. The van der Waals surface area contributed by atoms with E-state index in [1.165, 1.54) is 98.9 Å². The molecule has 0 saturated heterocycles. The van der Waals surface area contributed by atoms with Gasteiger partial charge in [0.25, 0.3) is 0 Å². The van der Waals surface area contributed by atoms with Crippen molar-refractivity contribution in [3.8, 4) is 27.9 Å². The molecule has 54 heavy (non-hydrogen) atoms. The molecule has 260 valence electrons. The molecule has 5 aliphatic carbocycles. The van der Waals surface area contributed by atoms with Crippen molar-refractivity contribution in [2.24, 2.45) is 23.7 Å². The van der Waals surface area contributed by atoms with Gasteiger partial charge in [0.15, 0.2) is 0 Å². The average Bonchev–Trinajstić information content (AvgIpc) is 3.71. The highest BCUT2D eigenvalue weighted by Crippen LogP contribution is 2.69. The molecular weight excluding hydrogens is 653 g/mol. The third-order valence-corrected chi connectivity index (χ3v) is 13.9. The summed E-state index contributed by atoms with van der Waals surface area (Å²) in [5.41, 5.74) is 15.9. The number of rotatable bonds is 5. The maximum Gasteiger partial charge on any atom is 0.0561 e. The molecular formula is C52H42N2. The van der Waals surface area contributed by atoms with Crippen LogP contribution in [-0.2, 0) is 5.41 Å². The number of anilines is 3. The van der Waals surface area contributed by atoms with Gasteiger partial charge in [0.05, 0.1) is 11.0 Å². The fraction of sp³-hybridized carbons (Fsp3) is 0.192. The summed E-state index contributed by atoms with van der Waals surface area (Å²) in [4.78, 5) is 2.53. The topological polar surface area (TPSA) is 8.17 Å². The highest BCUT2D eigenvalue weighted by Gasteiger charge is 2.61. The Morgan fingerprint density at radius 3 is 1.85 bits per heavy atom. The van der Waals surface area contributed by atoms with Crippen molar-refractivity contribution in [3.63, 3.8) is 0 Å². The third kappa shape index (κ3) is 4.28. The van der Waals surface area contributed by atoms with Crippen LogP contribution >= 0.6 is 0 Å². The van der Waals surface area contributed by atoms with Crippen LogP contribution in [0.5, 0.6) is 0 Å². The van der Waals surface area contributed by atoms with Crippen LogP contribution in [0.25, 0.3) is 49.7 Å². The molecule has 4 saturated carbocycles. The van der Waals surface area contributed by atoms with Gasteiger partial charge in [-0.25, -0.2) is 0 Å². The first-order valence-corrected chi connectivity index (χ1v) is 20.0. The number of benzene rings is 7. The first-order valence-electron chi connectivity index (χ1n) is 20.0. The predicted molar refractivity (Wildman–Crippen MR) is 224 cm³/mol. The van der Waals surface area contributed by atoms with E-state index in [9.17, 15) is 0 Å². The molecule has 8 aromatic rings. The Bertz CT molecular complexity index is 2710. The molecule has 1 spiro atoms. The number of nitrogens with zero attached hydrogens (tertiary/aromatic N) is 2. The Hall–Kier alpha value is -5.86. The van der Waals surface area contributed by atoms with E-state index >= 15 is 0 Å². The minimum absolute atomic E-state index is 0.108. The first kappa shape index (κ1) is 30.6. The molecule has 0 unspecified atom stereocenters. The minimum atomic E-state index is 0.108. The van der Waals surface area contributed by atoms with Crippen molar-refractivity contribution in [3.05, 3.63) is 181 Å². The monoisotopic (exact) mass is 694 g/mol. The van der Waals surface area contributed by atoms with Gasteiger partial charge >= 0.3 is 0 Å². The molecule has 2 heteroatoms. The van der Waals surface area contributed by atoms with Crippen LogP contribution in [0.1, 0.15) is 43.2 Å². The lowest BCUT2D eigenvalue weighted by Gasteiger charge is -2.61. The standard InChI is InChI=1S/C52H42N2/c1-3-12-36(13-4-1)37-14-11-17-41(31-37)53(43-23-25-47-46-19-8-10-21-50(46)54(51(47)33-43)40-15-5-2-6-16-40)42-22-24-45-44-18-7-9-20-48(44)52(49(45)32-42)38-27-34-26-35(29-38)30-39(52)28-34/h1-25,31-35,38-39H,26-30H2. The smallest absolute Gasteiger partial charge is 0.0561 e. The molecule has 1 aromatic heterocycles. The summed E-state index contributed by atoms with van der Waals surface area (Å²) in [6.07, 6.45) is 7.00. The van der Waals surface area contributed by atoms with Crippen LogP contribution in [0.4, 0.5) is 17.1 Å². The summed E-state index contributed by atoms with van der Waals surface area (Å²) in [6, 6.07) is 63.7. The molecule has 0 amide bonds. The first-order chi connectivity index (χ1) is 26.7. The second-order valence-electron chi connectivity index (χ2n) is 16.6. The zero-order valence-corrected chi connectivity index (χ0v) is 30.4. The summed E-state index contributed by atoms with van der Waals surface area (Å²) >= 11 is 0. The van der Waals surface area contributed by atoms with Crippen LogP contribution in [0, 0.1) is 23.7 Å². The number of hydrogen-bond donors (Lipinski definition) is 0. The van der Waals surface area contributed by atoms with Gasteiger partial charge < -0.3 is 9.47 Å². The van der Waals surface area contributed by atoms with Gasteiger partial charge in [-0.15, -0.1) is 0 Å². The summed E-state index contributed by atoms with van der Waals surface area (Å²) in [6.45, 7) is 0. The molecule has 0 radical (unpaired) electrons. The largest absolute Gasteiger partial charge is 0.310 e. The average molecular weight is 695 g/mol. The molecule has 0 N–H and O–H groups in total. The van der Waals surface area contributed by atoms with Crippen molar-refractivity contribution in [1.82, 2.24) is 4.57 Å². The van der Waals surface area contributed by atoms with Crippen LogP contribution < -0.4 is 4.90 Å². The van der Waals surface area contributed by atoms with Crippen molar-refractivity contribution >= 4 is 38.9 Å². The van der Waals surface area contributed by atoms with E-state index in [1.807, 2.05) is 0 Å². The van der Waals surface area contributed by atoms with Gasteiger partial charge in [0.2, 0.25) is 0 Å². The molecule has 1 heterocycles. The Kier molecular flexibility index (Phi) is 6.55. The summed E-state index contributed by atoms with van der Waals surface area (Å²) in [5.74, 6) is 3.27. The van der Waals surface area contributed by atoms with Crippen molar-refractivity contribution in [2.45, 2.75) is 37.5 Å². The zero-order valence-electron chi connectivity index (χ0n) is 30.4. The summed E-state index contributed by atoms with van der Waals surface area (Å²) in [7, 11) is 0. The van der Waals surface area contributed by atoms with Crippen LogP contribution in [-0.4, -0.2) is 4.57 Å². The Morgan fingerprint density at radius 1 is 0.426 bits per heavy atom. The molecule has 5 aliphatic rings. The second-order valence-corrected chi connectivity index (χ2v) is 16.6. The highest BCUT2D eigenvalue weighted by atomic mass is 15.1. The van der Waals surface area contributed by atoms with E-state index in [1.54, 1.807) is 11.1 Å². The van der Waals surface area contributed by atoms with Crippen LogP contribution in [0.2, 0.25) is 0 Å². The number of para-hydroxylation sites is 2. The molecule has 4 bridgehead atoms. The van der Waals surface area contributed by atoms with Gasteiger partial charge in [-0.1, -0.05) is 115 Å². The number of aromatic nitrogens is 1. The van der Waals surface area contributed by atoms with Crippen molar-refractivity contribution in [2.75, 3.05) is 4.90 Å². The molecule has 4 fully saturated rings. The van der Waals surface area contributed by atoms with Gasteiger partial charge in [0, 0.05) is 38.9 Å². The number of hydrogen-bond acceptors (Lipinski definition) is 1. The van der Waals surface area contributed by atoms with Crippen molar-refractivity contribution in [1.29, 1.82) is 0 Å². The van der Waals surface area contributed by atoms with E-state index in [2.05, 4.69) is 179 Å². The molecule has 2 nitrogen and oxygen atoms in total. The molecule has 13 rings (SSSR count). The van der Waals surface area contributed by atoms with E-state index in [0.29, 0.717) is 0 Å². The van der Waals surface area contributed by atoms with Gasteiger partial charge in [-0.2, -0.15) is 0 Å². The lowest BCUT2D eigenvalue weighted by Crippen LogP contribution is -2.55. The van der Waals surface area contributed by atoms with E-state index < -0.39 is 0 Å². The predicted octanol–water partition coefficient (Wildman–Crippen LogP) is 13.6. The summed E-state index contributed by atoms with van der Waals surface area (Å²) < 4.78 is 2.44. The van der Waals surface area contributed by atoms with E-state index in [-0.39, 0.29) is 5.41 Å². The second kappa shape index (κ2) is 11.6. The Labute approximate surface area is 317 Å². The van der Waals surface area contributed by atoms with Crippen LogP contribution in [0.15, 0.2) is 170 Å².